The molecule has 1 aromatic heterocycles. The van der Waals surface area contributed by atoms with E-state index in [0.29, 0.717) is 6.54 Å². The lowest BCUT2D eigenvalue weighted by Gasteiger charge is -2.14. The Labute approximate surface area is 112 Å². The van der Waals surface area contributed by atoms with Crippen molar-refractivity contribution >= 4 is 0 Å². The third-order valence-corrected chi connectivity index (χ3v) is 3.01. The van der Waals surface area contributed by atoms with E-state index in [0.717, 1.165) is 16.7 Å². The molecule has 0 bridgehead atoms. The fourth-order valence-corrected chi connectivity index (χ4v) is 1.89. The number of halogens is 1. The van der Waals surface area contributed by atoms with Crippen molar-refractivity contribution in [3.05, 3.63) is 65.2 Å². The van der Waals surface area contributed by atoms with E-state index in [1.807, 2.05) is 31.2 Å². The molecule has 2 rings (SSSR count). The van der Waals surface area contributed by atoms with Crippen molar-refractivity contribution in [3.8, 4) is 0 Å². The predicted octanol–water partition coefficient (Wildman–Crippen LogP) is 2.56. The zero-order valence-electron chi connectivity index (χ0n) is 10.8. The van der Waals surface area contributed by atoms with Gasteiger partial charge in [0.25, 0.3) is 0 Å². The Morgan fingerprint density at radius 3 is 2.79 bits per heavy atom. The molecule has 1 atom stereocenters. The van der Waals surface area contributed by atoms with Crippen LogP contribution in [0.25, 0.3) is 0 Å². The van der Waals surface area contributed by atoms with Crippen molar-refractivity contribution in [2.75, 3.05) is 0 Å². The number of aromatic nitrogens is 1. The van der Waals surface area contributed by atoms with E-state index in [-0.39, 0.29) is 18.5 Å². The van der Waals surface area contributed by atoms with Crippen LogP contribution in [0.5, 0.6) is 0 Å². The number of rotatable bonds is 5. The molecule has 1 unspecified atom stereocenters. The normalized spacial score (nSPS) is 12.4. The summed E-state index contributed by atoms with van der Waals surface area (Å²) < 4.78 is 13.1. The molecular weight excluding hydrogens is 243 g/mol. The first-order valence-corrected chi connectivity index (χ1v) is 6.21. The second kappa shape index (κ2) is 6.41. The first-order chi connectivity index (χ1) is 9.19. The van der Waals surface area contributed by atoms with E-state index in [1.54, 1.807) is 6.20 Å². The molecule has 19 heavy (non-hydrogen) atoms. The fraction of sp³-hybridized carbons (Fsp3) is 0.267. The Morgan fingerprint density at radius 2 is 2.05 bits per heavy atom. The van der Waals surface area contributed by atoms with Crippen molar-refractivity contribution in [1.82, 2.24) is 10.3 Å². The zero-order chi connectivity index (χ0) is 13.7. The monoisotopic (exact) mass is 260 g/mol. The molecule has 4 heteroatoms. The molecule has 1 aromatic carbocycles. The highest BCUT2D eigenvalue weighted by Crippen LogP contribution is 2.13. The van der Waals surface area contributed by atoms with Gasteiger partial charge in [0.2, 0.25) is 0 Å². The number of aliphatic hydroxyl groups excluding tert-OH is 1. The van der Waals surface area contributed by atoms with Crippen LogP contribution < -0.4 is 5.32 Å². The summed E-state index contributed by atoms with van der Waals surface area (Å²) in [5.41, 5.74) is 2.79. The summed E-state index contributed by atoms with van der Waals surface area (Å²) in [6, 6.07) is 9.22. The first kappa shape index (κ1) is 13.6. The number of nitrogens with zero attached hydrogens (tertiary/aromatic N) is 1. The van der Waals surface area contributed by atoms with Crippen molar-refractivity contribution in [2.24, 2.45) is 0 Å². The highest BCUT2D eigenvalue weighted by Gasteiger charge is 2.06. The molecule has 2 aromatic rings. The van der Waals surface area contributed by atoms with Crippen LogP contribution in [-0.4, -0.2) is 10.1 Å². The van der Waals surface area contributed by atoms with Gasteiger partial charge >= 0.3 is 0 Å². The van der Waals surface area contributed by atoms with E-state index in [1.165, 1.54) is 12.3 Å². The van der Waals surface area contributed by atoms with Gasteiger partial charge in [0, 0.05) is 18.8 Å². The van der Waals surface area contributed by atoms with Crippen LogP contribution in [0.4, 0.5) is 4.39 Å². The molecule has 1 heterocycles. The average molecular weight is 260 g/mol. The van der Waals surface area contributed by atoms with Crippen LogP contribution in [0.15, 0.2) is 42.7 Å². The first-order valence-electron chi connectivity index (χ1n) is 6.21. The summed E-state index contributed by atoms with van der Waals surface area (Å²) in [5, 5.41) is 12.4. The molecule has 2 N–H and O–H groups in total. The van der Waals surface area contributed by atoms with Crippen molar-refractivity contribution in [2.45, 2.75) is 26.1 Å². The molecule has 0 aliphatic carbocycles. The molecule has 0 fully saturated rings. The van der Waals surface area contributed by atoms with Crippen LogP contribution in [0.2, 0.25) is 0 Å². The summed E-state index contributed by atoms with van der Waals surface area (Å²) in [6.07, 6.45) is 2.85. The molecular formula is C15H17FN2O. The zero-order valence-corrected chi connectivity index (χ0v) is 10.8. The Balaban J connectivity index is 1.98. The van der Waals surface area contributed by atoms with Crippen LogP contribution in [-0.2, 0) is 13.2 Å². The maximum absolute atomic E-state index is 13.1. The van der Waals surface area contributed by atoms with Crippen LogP contribution >= 0.6 is 0 Å². The number of benzene rings is 1. The van der Waals surface area contributed by atoms with E-state index in [9.17, 15) is 4.39 Å². The SMILES string of the molecule is CC(NCc1cccc(CO)c1)c1cncc(F)c1. The lowest BCUT2D eigenvalue weighted by atomic mass is 10.1. The number of aliphatic hydroxyl groups is 1. The highest BCUT2D eigenvalue weighted by molar-refractivity contribution is 5.23. The van der Waals surface area contributed by atoms with Gasteiger partial charge in [-0.1, -0.05) is 24.3 Å². The van der Waals surface area contributed by atoms with Crippen molar-refractivity contribution < 1.29 is 9.50 Å². The Morgan fingerprint density at radius 1 is 1.26 bits per heavy atom. The maximum atomic E-state index is 13.1. The molecule has 0 aliphatic heterocycles. The highest BCUT2D eigenvalue weighted by atomic mass is 19.1. The van der Waals surface area contributed by atoms with Crippen LogP contribution in [0.3, 0.4) is 0 Å². The van der Waals surface area contributed by atoms with Gasteiger partial charge in [-0.2, -0.15) is 0 Å². The molecule has 0 amide bonds. The molecule has 0 saturated heterocycles. The summed E-state index contributed by atoms with van der Waals surface area (Å²) >= 11 is 0. The summed E-state index contributed by atoms with van der Waals surface area (Å²) in [5.74, 6) is -0.326. The summed E-state index contributed by atoms with van der Waals surface area (Å²) in [6.45, 7) is 2.66. The summed E-state index contributed by atoms with van der Waals surface area (Å²) in [7, 11) is 0. The van der Waals surface area contributed by atoms with E-state index in [4.69, 9.17) is 5.11 Å². The summed E-state index contributed by atoms with van der Waals surface area (Å²) in [4.78, 5) is 3.84. The fourth-order valence-electron chi connectivity index (χ4n) is 1.89. The Bertz CT molecular complexity index is 545. The average Bonchev–Trinajstić information content (AvgIpc) is 2.45. The quantitative estimate of drug-likeness (QED) is 0.868. The molecule has 100 valence electrons. The van der Waals surface area contributed by atoms with Crippen LogP contribution in [0.1, 0.15) is 29.7 Å². The van der Waals surface area contributed by atoms with Gasteiger partial charge in [-0.15, -0.1) is 0 Å². The minimum absolute atomic E-state index is 0.0148. The van der Waals surface area contributed by atoms with Gasteiger partial charge in [0.15, 0.2) is 0 Å². The van der Waals surface area contributed by atoms with Gasteiger partial charge in [-0.05, 0) is 29.7 Å². The van der Waals surface area contributed by atoms with Gasteiger partial charge in [-0.25, -0.2) is 4.39 Å². The Hall–Kier alpha value is -1.78. The maximum Gasteiger partial charge on any atom is 0.141 e. The minimum Gasteiger partial charge on any atom is -0.392 e. The third kappa shape index (κ3) is 3.84. The molecule has 0 saturated carbocycles. The largest absolute Gasteiger partial charge is 0.392 e. The predicted molar refractivity (Wildman–Crippen MR) is 71.8 cm³/mol. The van der Waals surface area contributed by atoms with E-state index >= 15 is 0 Å². The second-order valence-corrected chi connectivity index (χ2v) is 4.52. The number of pyridine rings is 1. The van der Waals surface area contributed by atoms with E-state index < -0.39 is 0 Å². The van der Waals surface area contributed by atoms with Gasteiger partial charge in [0.05, 0.1) is 12.8 Å². The lowest BCUT2D eigenvalue weighted by molar-refractivity contribution is 0.281. The lowest BCUT2D eigenvalue weighted by Crippen LogP contribution is -2.18. The smallest absolute Gasteiger partial charge is 0.141 e. The van der Waals surface area contributed by atoms with Gasteiger partial charge < -0.3 is 10.4 Å². The number of nitrogens with one attached hydrogen (secondary N) is 1. The van der Waals surface area contributed by atoms with E-state index in [2.05, 4.69) is 10.3 Å². The molecule has 0 aliphatic rings. The Kier molecular flexibility index (Phi) is 4.60. The molecule has 0 radical (unpaired) electrons. The van der Waals surface area contributed by atoms with Gasteiger partial charge in [-0.3, -0.25) is 4.98 Å². The van der Waals surface area contributed by atoms with Crippen LogP contribution in [0, 0.1) is 5.82 Å². The second-order valence-electron chi connectivity index (χ2n) is 4.52. The molecule has 0 spiro atoms. The molecule has 3 nitrogen and oxygen atoms in total. The standard InChI is InChI=1S/C15H17FN2O/c1-11(14-6-15(16)9-17-8-14)18-7-12-3-2-4-13(5-12)10-19/h2-6,8-9,11,18-19H,7,10H2,1H3. The number of hydrogen-bond acceptors (Lipinski definition) is 3. The van der Waals surface area contributed by atoms with Gasteiger partial charge in [0.1, 0.15) is 5.82 Å². The number of hydrogen-bond donors (Lipinski definition) is 2. The minimum atomic E-state index is -0.326. The topological polar surface area (TPSA) is 45.1 Å². The third-order valence-electron chi connectivity index (χ3n) is 3.01. The van der Waals surface area contributed by atoms with Crippen molar-refractivity contribution in [1.29, 1.82) is 0 Å². The van der Waals surface area contributed by atoms with Crippen molar-refractivity contribution in [3.63, 3.8) is 0 Å².